The van der Waals surface area contributed by atoms with Crippen LogP contribution in [0, 0.1) is 0 Å². The molecule has 0 spiro atoms. The lowest BCUT2D eigenvalue weighted by Crippen LogP contribution is -2.28. The molecule has 2 heterocycles. The molecule has 5 nitrogen and oxygen atoms in total. The summed E-state index contributed by atoms with van der Waals surface area (Å²) in [6.07, 6.45) is 3.23. The summed E-state index contributed by atoms with van der Waals surface area (Å²) in [5.41, 5.74) is 0.175. The molecule has 0 unspecified atom stereocenters. The van der Waals surface area contributed by atoms with Gasteiger partial charge in [0.1, 0.15) is 5.82 Å². The number of aromatic nitrogens is 1. The van der Waals surface area contributed by atoms with E-state index in [1.165, 1.54) is 6.20 Å². The first-order valence-corrected chi connectivity index (χ1v) is 6.19. The lowest BCUT2D eigenvalue weighted by Gasteiger charge is -2.24. The molecule has 1 aliphatic heterocycles. The molecular formula is C11H13BrN2O3. The van der Waals surface area contributed by atoms with E-state index in [4.69, 9.17) is 9.84 Å². The van der Waals surface area contributed by atoms with Crippen LogP contribution in [0.1, 0.15) is 23.2 Å². The Balaban J connectivity index is 2.08. The van der Waals surface area contributed by atoms with Gasteiger partial charge in [0.2, 0.25) is 0 Å². The minimum Gasteiger partial charge on any atom is -0.478 e. The maximum Gasteiger partial charge on any atom is 0.337 e. The van der Waals surface area contributed by atoms with E-state index in [1.807, 2.05) is 0 Å². The van der Waals surface area contributed by atoms with Crippen LogP contribution < -0.4 is 5.32 Å². The molecule has 6 heteroatoms. The average molecular weight is 301 g/mol. The highest BCUT2D eigenvalue weighted by molar-refractivity contribution is 9.10. The fourth-order valence-electron chi connectivity index (χ4n) is 1.70. The third-order valence-electron chi connectivity index (χ3n) is 2.65. The first kappa shape index (κ1) is 12.3. The summed E-state index contributed by atoms with van der Waals surface area (Å²) in [6, 6.07) is 1.89. The second-order valence-electron chi connectivity index (χ2n) is 3.89. The van der Waals surface area contributed by atoms with Gasteiger partial charge in [-0.25, -0.2) is 9.78 Å². The van der Waals surface area contributed by atoms with Gasteiger partial charge in [-0.05, 0) is 34.8 Å². The van der Waals surface area contributed by atoms with E-state index in [0.29, 0.717) is 16.3 Å². The molecule has 1 aliphatic rings. The monoisotopic (exact) mass is 300 g/mol. The molecule has 17 heavy (non-hydrogen) atoms. The van der Waals surface area contributed by atoms with Crippen LogP contribution >= 0.6 is 15.9 Å². The number of aromatic carboxylic acids is 1. The normalized spacial score (nSPS) is 16.8. The molecule has 1 fully saturated rings. The predicted octanol–water partition coefficient (Wildman–Crippen LogP) is 2.13. The molecule has 0 bridgehead atoms. The number of halogens is 1. The number of rotatable bonds is 3. The van der Waals surface area contributed by atoms with Crippen LogP contribution in [0.15, 0.2) is 16.7 Å². The molecule has 2 rings (SSSR count). The zero-order chi connectivity index (χ0) is 12.3. The van der Waals surface area contributed by atoms with E-state index in [1.54, 1.807) is 6.07 Å². The van der Waals surface area contributed by atoms with E-state index in [-0.39, 0.29) is 5.56 Å². The van der Waals surface area contributed by atoms with Gasteiger partial charge in [-0.1, -0.05) is 0 Å². The Labute approximate surface area is 107 Å². The molecule has 92 valence electrons. The third-order valence-corrected chi connectivity index (χ3v) is 3.25. The highest BCUT2D eigenvalue weighted by Crippen LogP contribution is 2.23. The van der Waals surface area contributed by atoms with Crippen LogP contribution in [0.25, 0.3) is 0 Å². The minimum absolute atomic E-state index is 0.175. The van der Waals surface area contributed by atoms with Gasteiger partial charge < -0.3 is 15.2 Å². The van der Waals surface area contributed by atoms with Crippen LogP contribution in [0.5, 0.6) is 0 Å². The SMILES string of the molecule is O=C(O)c1cnc(NC2CCOCC2)c(Br)c1. The summed E-state index contributed by atoms with van der Waals surface area (Å²) >= 11 is 3.32. The lowest BCUT2D eigenvalue weighted by molar-refractivity contribution is 0.0696. The van der Waals surface area contributed by atoms with Crippen molar-refractivity contribution in [3.8, 4) is 0 Å². The standard InChI is InChI=1S/C11H13BrN2O3/c12-9-5-7(11(15)16)6-13-10(9)14-8-1-3-17-4-2-8/h5-6,8H,1-4H2,(H,13,14)(H,15,16). The van der Waals surface area contributed by atoms with Gasteiger partial charge in [0.15, 0.2) is 0 Å². The molecule has 0 saturated carbocycles. The number of carboxylic acids is 1. The topological polar surface area (TPSA) is 71.5 Å². The maximum atomic E-state index is 10.8. The third kappa shape index (κ3) is 3.17. The number of carbonyl (C=O) groups is 1. The highest BCUT2D eigenvalue weighted by atomic mass is 79.9. The first-order chi connectivity index (χ1) is 8.16. The van der Waals surface area contributed by atoms with Crippen molar-refractivity contribution in [1.82, 2.24) is 4.98 Å². The van der Waals surface area contributed by atoms with Crippen molar-refractivity contribution in [1.29, 1.82) is 0 Å². The predicted molar refractivity (Wildman–Crippen MR) is 66.4 cm³/mol. The van der Waals surface area contributed by atoms with E-state index >= 15 is 0 Å². The highest BCUT2D eigenvalue weighted by Gasteiger charge is 2.16. The van der Waals surface area contributed by atoms with E-state index in [2.05, 4.69) is 26.2 Å². The van der Waals surface area contributed by atoms with E-state index in [0.717, 1.165) is 26.1 Å². The van der Waals surface area contributed by atoms with Crippen molar-refractivity contribution in [2.75, 3.05) is 18.5 Å². The second-order valence-corrected chi connectivity index (χ2v) is 4.74. The number of nitrogens with one attached hydrogen (secondary N) is 1. The fraction of sp³-hybridized carbons (Fsp3) is 0.455. The summed E-state index contributed by atoms with van der Waals surface area (Å²) in [5.74, 6) is -0.294. The Kier molecular flexibility index (Phi) is 3.96. The smallest absolute Gasteiger partial charge is 0.337 e. The molecule has 1 aromatic heterocycles. The molecule has 0 atom stereocenters. The molecule has 0 aliphatic carbocycles. The zero-order valence-corrected chi connectivity index (χ0v) is 10.7. The van der Waals surface area contributed by atoms with Gasteiger partial charge in [-0.15, -0.1) is 0 Å². The summed E-state index contributed by atoms with van der Waals surface area (Å²) in [4.78, 5) is 14.9. The van der Waals surface area contributed by atoms with Crippen LogP contribution in [0.2, 0.25) is 0 Å². The van der Waals surface area contributed by atoms with Crippen molar-refractivity contribution < 1.29 is 14.6 Å². The van der Waals surface area contributed by atoms with Gasteiger partial charge in [-0.2, -0.15) is 0 Å². The van der Waals surface area contributed by atoms with Gasteiger partial charge in [0, 0.05) is 25.5 Å². The zero-order valence-electron chi connectivity index (χ0n) is 9.15. The Bertz CT molecular complexity index is 419. The number of carboxylic acid groups (broad SMARTS) is 1. The molecule has 1 saturated heterocycles. The molecule has 1 aromatic rings. The van der Waals surface area contributed by atoms with Gasteiger partial charge in [0.05, 0.1) is 10.0 Å². The van der Waals surface area contributed by atoms with E-state index in [9.17, 15) is 4.79 Å². The number of pyridine rings is 1. The first-order valence-electron chi connectivity index (χ1n) is 5.40. The maximum absolute atomic E-state index is 10.8. The second kappa shape index (κ2) is 5.46. The lowest BCUT2D eigenvalue weighted by atomic mass is 10.1. The van der Waals surface area contributed by atoms with Crippen LogP contribution in [0.3, 0.4) is 0 Å². The van der Waals surface area contributed by atoms with Crippen molar-refractivity contribution in [3.63, 3.8) is 0 Å². The summed E-state index contributed by atoms with van der Waals surface area (Å²) in [7, 11) is 0. The minimum atomic E-state index is -0.976. The van der Waals surface area contributed by atoms with Crippen LogP contribution in [-0.2, 0) is 4.74 Å². The summed E-state index contributed by atoms with van der Waals surface area (Å²) in [6.45, 7) is 1.50. The summed E-state index contributed by atoms with van der Waals surface area (Å²) < 4.78 is 5.94. The fourth-order valence-corrected chi connectivity index (χ4v) is 2.16. The number of nitrogens with zero attached hydrogens (tertiary/aromatic N) is 1. The molecule has 2 N–H and O–H groups in total. The number of hydrogen-bond acceptors (Lipinski definition) is 4. The Morgan fingerprint density at radius 2 is 2.24 bits per heavy atom. The number of ether oxygens (including phenoxy) is 1. The quantitative estimate of drug-likeness (QED) is 0.895. The number of anilines is 1. The Hall–Kier alpha value is -1.14. The largest absolute Gasteiger partial charge is 0.478 e. The molecule has 0 radical (unpaired) electrons. The number of hydrogen-bond donors (Lipinski definition) is 2. The van der Waals surface area contributed by atoms with Crippen molar-refractivity contribution in [2.24, 2.45) is 0 Å². The average Bonchev–Trinajstić information content (AvgIpc) is 2.33. The van der Waals surface area contributed by atoms with Gasteiger partial charge >= 0.3 is 5.97 Å². The van der Waals surface area contributed by atoms with Crippen LogP contribution in [0.4, 0.5) is 5.82 Å². The molecular weight excluding hydrogens is 288 g/mol. The van der Waals surface area contributed by atoms with Crippen molar-refractivity contribution >= 4 is 27.7 Å². The van der Waals surface area contributed by atoms with Gasteiger partial charge in [-0.3, -0.25) is 0 Å². The molecule has 0 amide bonds. The van der Waals surface area contributed by atoms with Crippen LogP contribution in [-0.4, -0.2) is 35.3 Å². The van der Waals surface area contributed by atoms with Crippen molar-refractivity contribution in [2.45, 2.75) is 18.9 Å². The molecule has 0 aromatic carbocycles. The summed E-state index contributed by atoms with van der Waals surface area (Å²) in [5, 5.41) is 12.1. The Morgan fingerprint density at radius 3 is 2.82 bits per heavy atom. The van der Waals surface area contributed by atoms with Gasteiger partial charge in [0.25, 0.3) is 0 Å². The van der Waals surface area contributed by atoms with Crippen molar-refractivity contribution in [3.05, 3.63) is 22.3 Å². The Morgan fingerprint density at radius 1 is 1.53 bits per heavy atom. The van der Waals surface area contributed by atoms with E-state index < -0.39 is 5.97 Å².